The Morgan fingerprint density at radius 1 is 1.33 bits per heavy atom. The maximum atomic E-state index is 9.47. The molecule has 0 radical (unpaired) electrons. The number of aliphatic hydroxyl groups is 3. The van der Waals surface area contributed by atoms with E-state index < -0.39 is 18.3 Å². The Labute approximate surface area is 72.0 Å². The Kier molecular flexibility index (Phi) is 3.46. The molecule has 1 saturated carbocycles. The van der Waals surface area contributed by atoms with Gasteiger partial charge in [-0.05, 0) is 12.8 Å². The van der Waals surface area contributed by atoms with Gasteiger partial charge in [-0.15, -0.1) is 0 Å². The summed E-state index contributed by atoms with van der Waals surface area (Å²) in [6.07, 6.45) is 0.0306. The van der Waals surface area contributed by atoms with Gasteiger partial charge >= 0.3 is 0 Å². The van der Waals surface area contributed by atoms with Crippen LogP contribution in [0.4, 0.5) is 0 Å². The van der Waals surface area contributed by atoms with Gasteiger partial charge in [0.2, 0.25) is 0 Å². The van der Waals surface area contributed by atoms with Crippen LogP contribution in [0.25, 0.3) is 0 Å². The van der Waals surface area contributed by atoms with Crippen molar-refractivity contribution in [3.63, 3.8) is 0 Å². The Morgan fingerprint density at radius 2 is 2.00 bits per heavy atom. The molecule has 12 heavy (non-hydrogen) atoms. The van der Waals surface area contributed by atoms with Crippen LogP contribution in [0, 0.1) is 5.92 Å². The fourth-order valence-corrected chi connectivity index (χ4v) is 1.78. The largest absolute Gasteiger partial charge is 0.391 e. The third-order valence-electron chi connectivity index (χ3n) is 2.61. The molecule has 1 aliphatic carbocycles. The predicted octanol–water partition coefficient (Wildman–Crippen LogP) is -1.17. The maximum absolute atomic E-state index is 9.47. The monoisotopic (exact) mass is 175 g/mol. The van der Waals surface area contributed by atoms with Crippen molar-refractivity contribution in [2.75, 3.05) is 6.54 Å². The molecular formula is C8H17NO3. The molecule has 4 nitrogen and oxygen atoms in total. The van der Waals surface area contributed by atoms with Gasteiger partial charge in [0.05, 0.1) is 18.3 Å². The molecule has 4 heteroatoms. The summed E-state index contributed by atoms with van der Waals surface area (Å²) < 4.78 is 0. The van der Waals surface area contributed by atoms with Crippen molar-refractivity contribution in [2.45, 2.75) is 37.6 Å². The van der Waals surface area contributed by atoms with E-state index in [4.69, 9.17) is 5.73 Å². The lowest BCUT2D eigenvalue weighted by atomic mass is 9.81. The zero-order valence-electron chi connectivity index (χ0n) is 7.06. The van der Waals surface area contributed by atoms with Gasteiger partial charge < -0.3 is 21.1 Å². The smallest absolute Gasteiger partial charge is 0.0852 e. The minimum atomic E-state index is -0.808. The standard InChI is InChI=1S/C8H17NO3/c9-4-7(11)5-2-1-3-6(10)8(5)12/h5-8,10-12H,1-4,9H2. The molecule has 0 aromatic heterocycles. The number of hydrogen-bond acceptors (Lipinski definition) is 4. The van der Waals surface area contributed by atoms with E-state index in [1.807, 2.05) is 0 Å². The summed E-state index contributed by atoms with van der Waals surface area (Å²) in [5, 5.41) is 28.1. The van der Waals surface area contributed by atoms with Gasteiger partial charge in [0.25, 0.3) is 0 Å². The molecule has 0 aromatic rings. The molecule has 0 bridgehead atoms. The fourth-order valence-electron chi connectivity index (χ4n) is 1.78. The highest BCUT2D eigenvalue weighted by atomic mass is 16.3. The zero-order valence-corrected chi connectivity index (χ0v) is 7.06. The molecule has 0 amide bonds. The molecule has 0 saturated heterocycles. The first-order chi connectivity index (χ1) is 5.66. The van der Waals surface area contributed by atoms with Crippen LogP contribution in [0.3, 0.4) is 0 Å². The van der Waals surface area contributed by atoms with Crippen molar-refractivity contribution in [1.82, 2.24) is 0 Å². The van der Waals surface area contributed by atoms with Gasteiger partial charge in [-0.2, -0.15) is 0 Å². The molecule has 72 valence electrons. The minimum Gasteiger partial charge on any atom is -0.391 e. The molecule has 4 atom stereocenters. The second-order valence-corrected chi connectivity index (χ2v) is 3.46. The van der Waals surface area contributed by atoms with Crippen molar-refractivity contribution < 1.29 is 15.3 Å². The lowest BCUT2D eigenvalue weighted by Gasteiger charge is -2.34. The summed E-state index contributed by atoms with van der Waals surface area (Å²) in [5.41, 5.74) is 5.27. The van der Waals surface area contributed by atoms with E-state index in [1.165, 1.54) is 0 Å². The van der Waals surface area contributed by atoms with Crippen LogP contribution in [0.1, 0.15) is 19.3 Å². The summed E-state index contributed by atoms with van der Waals surface area (Å²) in [6.45, 7) is 0.147. The van der Waals surface area contributed by atoms with Crippen LogP contribution in [0.15, 0.2) is 0 Å². The van der Waals surface area contributed by atoms with Gasteiger partial charge in [-0.1, -0.05) is 6.42 Å². The molecule has 5 N–H and O–H groups in total. The van der Waals surface area contributed by atoms with E-state index in [-0.39, 0.29) is 12.5 Å². The summed E-state index contributed by atoms with van der Waals surface area (Å²) >= 11 is 0. The summed E-state index contributed by atoms with van der Waals surface area (Å²) in [5.74, 6) is -0.251. The van der Waals surface area contributed by atoms with E-state index in [9.17, 15) is 15.3 Å². The zero-order chi connectivity index (χ0) is 9.14. The number of nitrogens with two attached hydrogens (primary N) is 1. The molecule has 0 aliphatic heterocycles. The second kappa shape index (κ2) is 4.18. The Hall–Kier alpha value is -0.160. The van der Waals surface area contributed by atoms with E-state index in [0.717, 1.165) is 12.8 Å². The molecule has 1 fully saturated rings. The first kappa shape index (κ1) is 9.92. The van der Waals surface area contributed by atoms with Crippen LogP contribution in [-0.2, 0) is 0 Å². The highest BCUT2D eigenvalue weighted by Crippen LogP contribution is 2.27. The SMILES string of the molecule is NCC(O)C1CCCC(O)C1O. The minimum absolute atomic E-state index is 0.147. The van der Waals surface area contributed by atoms with Crippen molar-refractivity contribution >= 4 is 0 Å². The molecule has 0 spiro atoms. The van der Waals surface area contributed by atoms with Gasteiger partial charge in [-0.3, -0.25) is 0 Å². The molecule has 1 rings (SSSR count). The Balaban J connectivity index is 2.51. The summed E-state index contributed by atoms with van der Waals surface area (Å²) in [4.78, 5) is 0. The van der Waals surface area contributed by atoms with Crippen LogP contribution < -0.4 is 5.73 Å². The van der Waals surface area contributed by atoms with Crippen LogP contribution in [0.5, 0.6) is 0 Å². The van der Waals surface area contributed by atoms with Gasteiger partial charge in [0.1, 0.15) is 0 Å². The Bertz CT molecular complexity index is 142. The van der Waals surface area contributed by atoms with Crippen LogP contribution in [0.2, 0.25) is 0 Å². The van der Waals surface area contributed by atoms with Crippen molar-refractivity contribution in [1.29, 1.82) is 0 Å². The number of rotatable bonds is 2. The van der Waals surface area contributed by atoms with Gasteiger partial charge in [-0.25, -0.2) is 0 Å². The van der Waals surface area contributed by atoms with E-state index in [1.54, 1.807) is 0 Å². The van der Waals surface area contributed by atoms with Gasteiger partial charge in [0.15, 0.2) is 0 Å². The maximum Gasteiger partial charge on any atom is 0.0852 e. The van der Waals surface area contributed by atoms with E-state index in [0.29, 0.717) is 6.42 Å². The normalized spacial score (nSPS) is 39.5. The highest BCUT2D eigenvalue weighted by Gasteiger charge is 2.34. The van der Waals surface area contributed by atoms with Crippen molar-refractivity contribution in [3.8, 4) is 0 Å². The average molecular weight is 175 g/mol. The lowest BCUT2D eigenvalue weighted by molar-refractivity contribution is -0.0803. The van der Waals surface area contributed by atoms with E-state index in [2.05, 4.69) is 0 Å². The second-order valence-electron chi connectivity index (χ2n) is 3.46. The topological polar surface area (TPSA) is 86.7 Å². The number of hydrogen-bond donors (Lipinski definition) is 4. The molecule has 1 aliphatic rings. The van der Waals surface area contributed by atoms with E-state index >= 15 is 0 Å². The van der Waals surface area contributed by atoms with Gasteiger partial charge in [0, 0.05) is 12.5 Å². The average Bonchev–Trinajstić information content (AvgIpc) is 2.08. The Morgan fingerprint density at radius 3 is 2.58 bits per heavy atom. The first-order valence-corrected chi connectivity index (χ1v) is 4.41. The molecular weight excluding hydrogens is 158 g/mol. The third kappa shape index (κ3) is 1.95. The summed E-state index contributed by atoms with van der Waals surface area (Å²) in [7, 11) is 0. The number of aliphatic hydroxyl groups excluding tert-OH is 3. The highest BCUT2D eigenvalue weighted by molar-refractivity contribution is 4.85. The molecule has 4 unspecified atom stereocenters. The quantitative estimate of drug-likeness (QED) is 0.426. The fraction of sp³-hybridized carbons (Fsp3) is 1.00. The van der Waals surface area contributed by atoms with Crippen LogP contribution in [-0.4, -0.2) is 40.2 Å². The van der Waals surface area contributed by atoms with Crippen LogP contribution >= 0.6 is 0 Å². The van der Waals surface area contributed by atoms with Crippen molar-refractivity contribution in [3.05, 3.63) is 0 Å². The first-order valence-electron chi connectivity index (χ1n) is 4.41. The summed E-state index contributed by atoms with van der Waals surface area (Å²) in [6, 6.07) is 0. The molecule has 0 heterocycles. The lowest BCUT2D eigenvalue weighted by Crippen LogP contribution is -2.45. The molecule has 0 aromatic carbocycles. The predicted molar refractivity (Wildman–Crippen MR) is 44.4 cm³/mol. The van der Waals surface area contributed by atoms with Crippen molar-refractivity contribution in [2.24, 2.45) is 11.7 Å². The third-order valence-corrected chi connectivity index (χ3v) is 2.61.